The van der Waals surface area contributed by atoms with Crippen molar-refractivity contribution in [2.24, 2.45) is 0 Å². The second kappa shape index (κ2) is 25.8. The summed E-state index contributed by atoms with van der Waals surface area (Å²) in [4.78, 5) is 30.7. The Morgan fingerprint density at radius 3 is 0.991 bits per heavy atom. The number of rotatable bonds is 6. The van der Waals surface area contributed by atoms with E-state index in [1.807, 2.05) is 64.3 Å². The number of benzene rings is 17. The number of thiophene rings is 3. The molecule has 498 valence electrons. The first-order valence-electron chi connectivity index (χ1n) is 35.9. The molecule has 17 aromatic carbocycles. The minimum Gasteiger partial charge on any atom is -0.228 e. The molecule has 23 rings (SSSR count). The third-order valence-corrected chi connectivity index (χ3v) is 24.4. The Balaban J connectivity index is 0.000000103. The Morgan fingerprint density at radius 1 is 0.178 bits per heavy atom. The fourth-order valence-corrected chi connectivity index (χ4v) is 19.3. The summed E-state index contributed by atoms with van der Waals surface area (Å²) in [5.74, 6) is 2.26. The van der Waals surface area contributed by atoms with Crippen LogP contribution in [0.15, 0.2) is 352 Å². The average molecular weight is 1420 g/mol. The standard InChI is InChI=1S/2C34H20N2S.C30H18N2S/c1-2-9-23(10-3-1)32-31-25-11-5-4-8-21(25)17-19-29(31)35-34(36-32)24-15-14-22-16-18-27-26-12-6-7-13-30(26)37-33(27)28(22)20-24;1-2-9-23(10-3-1)31-28-19-17-21-8-4-5-11-25(21)32(28)36-34(35-31)24-15-14-22-16-18-27-26-12-6-7-13-30(26)37-33(27)29(22)20-24;1-2-8-20(9-3-1)28-24-11-4-6-12-26(24)31-30(32-28)21-15-14-19-16-17-23-22-10-5-7-13-27(22)33-29(23)25(19)18-21/h2*1-20H;1-18H. The van der Waals surface area contributed by atoms with Crippen LogP contribution in [0.5, 0.6) is 0 Å². The molecule has 9 heteroatoms. The van der Waals surface area contributed by atoms with Crippen molar-refractivity contribution in [3.8, 4) is 67.9 Å². The molecule has 0 amide bonds. The Labute approximate surface area is 626 Å². The summed E-state index contributed by atoms with van der Waals surface area (Å²) in [6, 6.07) is 124. The van der Waals surface area contributed by atoms with Gasteiger partial charge in [-0.1, -0.05) is 297 Å². The van der Waals surface area contributed by atoms with Gasteiger partial charge in [0.15, 0.2) is 17.5 Å². The van der Waals surface area contributed by atoms with Crippen LogP contribution in [-0.2, 0) is 0 Å². The van der Waals surface area contributed by atoms with Crippen molar-refractivity contribution < 1.29 is 0 Å². The van der Waals surface area contributed by atoms with Gasteiger partial charge in [0, 0.05) is 132 Å². The monoisotopic (exact) mass is 1410 g/mol. The number of aromatic nitrogens is 6. The third kappa shape index (κ3) is 10.9. The van der Waals surface area contributed by atoms with Crippen molar-refractivity contribution in [1.29, 1.82) is 0 Å². The summed E-state index contributed by atoms with van der Waals surface area (Å²) >= 11 is 5.57. The molecule has 0 atom stereocenters. The maximum Gasteiger partial charge on any atom is 0.160 e. The molecule has 0 bridgehead atoms. The molecule has 23 aromatic rings. The fraction of sp³-hybridized carbons (Fsp3) is 0. The highest BCUT2D eigenvalue weighted by Gasteiger charge is 2.20. The SMILES string of the molecule is c1ccc(-c2nc(-c3ccc4ccc5c6ccccc6sc5c4c3)nc3c2ccc2ccccc23)cc1.c1ccc(-c2nc(-c3ccc4ccc5c6ccccc6sc5c4c3)nc3ccc4ccccc4c23)cc1.c1ccc(-c2nc(-c3ccc4ccc5c6ccccc6sc5c4c3)nc3ccccc23)cc1. The highest BCUT2D eigenvalue weighted by Crippen LogP contribution is 2.45. The van der Waals surface area contributed by atoms with Crippen LogP contribution in [0.2, 0.25) is 0 Å². The molecule has 6 aromatic heterocycles. The van der Waals surface area contributed by atoms with Gasteiger partial charge in [-0.05, 0) is 86.9 Å². The van der Waals surface area contributed by atoms with Gasteiger partial charge in [0.05, 0.1) is 33.6 Å². The lowest BCUT2D eigenvalue weighted by molar-refractivity contribution is 1.23. The Morgan fingerprint density at radius 2 is 0.505 bits per heavy atom. The predicted molar refractivity (Wildman–Crippen MR) is 457 cm³/mol. The largest absolute Gasteiger partial charge is 0.228 e. The predicted octanol–water partition coefficient (Wildman–Crippen LogP) is 27.8. The molecule has 0 saturated carbocycles. The molecule has 0 N–H and O–H groups in total. The summed E-state index contributed by atoms with van der Waals surface area (Å²) in [7, 11) is 0. The minimum absolute atomic E-state index is 0.752. The first-order valence-corrected chi connectivity index (χ1v) is 38.3. The van der Waals surface area contributed by atoms with E-state index in [9.17, 15) is 0 Å². The smallest absolute Gasteiger partial charge is 0.160 e. The van der Waals surface area contributed by atoms with Crippen molar-refractivity contribution in [2.45, 2.75) is 0 Å². The first-order chi connectivity index (χ1) is 53.0. The van der Waals surface area contributed by atoms with E-state index in [0.717, 1.165) is 106 Å². The van der Waals surface area contributed by atoms with E-state index in [0.29, 0.717) is 0 Å². The highest BCUT2D eigenvalue weighted by atomic mass is 32.1. The lowest BCUT2D eigenvalue weighted by Gasteiger charge is -2.12. The molecule has 107 heavy (non-hydrogen) atoms. The number of fused-ring (bicyclic) bond motifs is 22. The van der Waals surface area contributed by atoms with E-state index in [2.05, 4.69) is 322 Å². The highest BCUT2D eigenvalue weighted by molar-refractivity contribution is 7.27. The summed E-state index contributed by atoms with van der Waals surface area (Å²) in [6.07, 6.45) is 0. The zero-order valence-electron chi connectivity index (χ0n) is 57.4. The van der Waals surface area contributed by atoms with Gasteiger partial charge in [-0.3, -0.25) is 0 Å². The van der Waals surface area contributed by atoms with Crippen molar-refractivity contribution in [3.05, 3.63) is 352 Å². The summed E-state index contributed by atoms with van der Waals surface area (Å²) in [5.41, 5.74) is 12.2. The lowest BCUT2D eigenvalue weighted by atomic mass is 9.99. The fourth-order valence-electron chi connectivity index (χ4n) is 15.6. The topological polar surface area (TPSA) is 77.3 Å². The third-order valence-electron chi connectivity index (χ3n) is 20.8. The Kier molecular flexibility index (Phi) is 15.0. The van der Waals surface area contributed by atoms with E-state index < -0.39 is 0 Å². The Hall–Kier alpha value is -13.3. The molecule has 0 radical (unpaired) electrons. The van der Waals surface area contributed by atoms with Crippen molar-refractivity contribution in [2.75, 3.05) is 0 Å². The quantitative estimate of drug-likeness (QED) is 0.154. The van der Waals surface area contributed by atoms with Gasteiger partial charge in [0.1, 0.15) is 0 Å². The van der Waals surface area contributed by atoms with Gasteiger partial charge in [-0.15, -0.1) is 34.0 Å². The summed E-state index contributed by atoms with van der Waals surface area (Å²) < 4.78 is 7.90. The number of hydrogen-bond donors (Lipinski definition) is 0. The molecule has 0 spiro atoms. The van der Waals surface area contributed by atoms with Crippen LogP contribution in [0.25, 0.3) is 215 Å². The van der Waals surface area contributed by atoms with Crippen molar-refractivity contribution in [1.82, 2.24) is 29.9 Å². The van der Waals surface area contributed by atoms with Crippen LogP contribution in [0.1, 0.15) is 0 Å². The second-order valence-electron chi connectivity index (χ2n) is 27.1. The molecule has 6 heterocycles. The van der Waals surface area contributed by atoms with Crippen molar-refractivity contribution in [3.63, 3.8) is 0 Å². The van der Waals surface area contributed by atoms with Crippen LogP contribution in [0, 0.1) is 0 Å². The van der Waals surface area contributed by atoms with Gasteiger partial charge in [0.2, 0.25) is 0 Å². The van der Waals surface area contributed by atoms with Crippen LogP contribution in [0.3, 0.4) is 0 Å². The second-order valence-corrected chi connectivity index (χ2v) is 30.3. The first kappa shape index (κ1) is 62.3. The van der Waals surface area contributed by atoms with Gasteiger partial charge in [-0.25, -0.2) is 29.9 Å². The van der Waals surface area contributed by atoms with Crippen molar-refractivity contribution >= 4 is 181 Å². The Bertz CT molecular complexity index is 7520. The molecule has 0 saturated heterocycles. The van der Waals surface area contributed by atoms with Gasteiger partial charge in [0.25, 0.3) is 0 Å². The van der Waals surface area contributed by atoms with Crippen LogP contribution in [-0.4, -0.2) is 29.9 Å². The number of nitrogens with zero attached hydrogens (tertiary/aromatic N) is 6. The zero-order valence-corrected chi connectivity index (χ0v) is 59.8. The maximum absolute atomic E-state index is 5.21. The van der Waals surface area contributed by atoms with E-state index in [4.69, 9.17) is 29.9 Å². The van der Waals surface area contributed by atoms with Gasteiger partial charge in [-0.2, -0.15) is 0 Å². The zero-order chi connectivity index (χ0) is 70.5. The van der Waals surface area contributed by atoms with Gasteiger partial charge >= 0.3 is 0 Å². The molecule has 0 fully saturated rings. The van der Waals surface area contributed by atoms with Crippen LogP contribution < -0.4 is 0 Å². The van der Waals surface area contributed by atoms with Gasteiger partial charge < -0.3 is 0 Å². The maximum atomic E-state index is 5.21. The molecule has 0 aliphatic carbocycles. The minimum atomic E-state index is 0.752. The molecule has 6 nitrogen and oxygen atoms in total. The number of hydrogen-bond acceptors (Lipinski definition) is 9. The molecule has 0 unspecified atom stereocenters. The van der Waals surface area contributed by atoms with E-state index in [1.54, 1.807) is 0 Å². The molecule has 0 aliphatic heterocycles. The normalized spacial score (nSPS) is 11.7. The van der Waals surface area contributed by atoms with E-state index in [1.165, 1.54) is 109 Å². The average Bonchev–Trinajstić information content (AvgIpc) is 1.74. The summed E-state index contributed by atoms with van der Waals surface area (Å²) in [5, 5.41) is 23.3. The lowest BCUT2D eigenvalue weighted by Crippen LogP contribution is -1.96. The van der Waals surface area contributed by atoms with E-state index in [-0.39, 0.29) is 0 Å². The molecular formula is C98H58N6S3. The van der Waals surface area contributed by atoms with Crippen LogP contribution in [0.4, 0.5) is 0 Å². The van der Waals surface area contributed by atoms with E-state index >= 15 is 0 Å². The van der Waals surface area contributed by atoms with Crippen LogP contribution >= 0.6 is 34.0 Å². The number of para-hydroxylation sites is 1. The molecule has 0 aliphatic rings. The molecular weight excluding hydrogens is 1360 g/mol. The summed E-state index contributed by atoms with van der Waals surface area (Å²) in [6.45, 7) is 0.